The number of anilines is 1. The Morgan fingerprint density at radius 2 is 2.14 bits per heavy atom. The minimum atomic E-state index is -0.701. The Balaban J connectivity index is 1.73. The highest BCUT2D eigenvalue weighted by Crippen LogP contribution is 2.47. The number of hydrogen-bond acceptors (Lipinski definition) is 6. The first-order chi connectivity index (χ1) is 13.4. The van der Waals surface area contributed by atoms with Gasteiger partial charge in [-0.3, -0.25) is 9.69 Å². The topological polar surface area (TPSA) is 73.8 Å². The Labute approximate surface area is 177 Å². The van der Waals surface area contributed by atoms with E-state index in [0.29, 0.717) is 17.7 Å². The van der Waals surface area contributed by atoms with Gasteiger partial charge >= 0.3 is 0 Å². The van der Waals surface area contributed by atoms with E-state index in [1.54, 1.807) is 11.3 Å². The van der Waals surface area contributed by atoms with Crippen LogP contribution >= 0.6 is 34.5 Å². The molecule has 6 nitrogen and oxygen atoms in total. The molecule has 150 valence electrons. The number of amides is 1. The lowest BCUT2D eigenvalue weighted by Crippen LogP contribution is -2.39. The lowest BCUT2D eigenvalue weighted by atomic mass is 10.00. The third-order valence-electron chi connectivity index (χ3n) is 5.14. The molecular weight excluding hydrogens is 421 g/mol. The number of carbonyl (C=O) groups is 1. The average molecular weight is 442 g/mol. The number of thiophene rings is 1. The van der Waals surface area contributed by atoms with Gasteiger partial charge in [-0.25, -0.2) is 0 Å². The van der Waals surface area contributed by atoms with Crippen molar-refractivity contribution in [2.24, 2.45) is 0 Å². The second-order valence-corrected chi connectivity index (χ2v) is 8.63. The second-order valence-electron chi connectivity index (χ2n) is 6.74. The molecule has 0 bridgehead atoms. The lowest BCUT2D eigenvalue weighted by molar-refractivity contribution is 0.0934. The maximum absolute atomic E-state index is 12.9. The van der Waals surface area contributed by atoms with Crippen LogP contribution in [0.3, 0.4) is 0 Å². The first-order valence-corrected chi connectivity index (χ1v) is 10.8. The van der Waals surface area contributed by atoms with Crippen LogP contribution in [0.5, 0.6) is 11.5 Å². The third kappa shape index (κ3) is 3.20. The summed E-state index contributed by atoms with van der Waals surface area (Å²) >= 11 is 14.2. The Morgan fingerprint density at radius 1 is 1.36 bits per heavy atom. The first kappa shape index (κ1) is 19.6. The molecule has 28 heavy (non-hydrogen) atoms. The zero-order valence-electron chi connectivity index (χ0n) is 15.6. The van der Waals surface area contributed by atoms with Crippen molar-refractivity contribution in [3.63, 3.8) is 0 Å². The Morgan fingerprint density at radius 3 is 2.86 bits per heavy atom. The van der Waals surface area contributed by atoms with Crippen LogP contribution in [0.25, 0.3) is 0 Å². The molecule has 0 fully saturated rings. The van der Waals surface area contributed by atoms with Gasteiger partial charge in [-0.15, -0.1) is 11.3 Å². The molecule has 2 aromatic rings. The van der Waals surface area contributed by atoms with Crippen LogP contribution in [0.4, 0.5) is 5.00 Å². The van der Waals surface area contributed by atoms with Gasteiger partial charge in [0.05, 0.1) is 27.8 Å². The van der Waals surface area contributed by atoms with Crippen molar-refractivity contribution < 1.29 is 14.6 Å². The number of rotatable bonds is 4. The number of fused-ring (bicyclic) bond motifs is 3. The fourth-order valence-corrected chi connectivity index (χ4v) is 5.49. The summed E-state index contributed by atoms with van der Waals surface area (Å²) in [5.74, 6) is -0.0663. The summed E-state index contributed by atoms with van der Waals surface area (Å²) in [5.41, 5.74) is 2.12. The number of likely N-dealkylation sites (N-methyl/N-ethyl adjacent to an activating group) is 1. The minimum absolute atomic E-state index is 0.129. The van der Waals surface area contributed by atoms with Crippen LogP contribution < -0.4 is 15.4 Å². The molecule has 9 heteroatoms. The van der Waals surface area contributed by atoms with Crippen LogP contribution in [0.1, 0.15) is 46.4 Å². The van der Waals surface area contributed by atoms with Crippen molar-refractivity contribution in [1.82, 2.24) is 10.2 Å². The van der Waals surface area contributed by atoms with Gasteiger partial charge in [0.1, 0.15) is 11.2 Å². The molecule has 0 saturated heterocycles. The van der Waals surface area contributed by atoms with E-state index in [0.717, 1.165) is 36.6 Å². The molecule has 0 aliphatic carbocycles. The van der Waals surface area contributed by atoms with Crippen LogP contribution in [0.2, 0.25) is 10.0 Å². The molecule has 2 aliphatic rings. The molecule has 0 saturated carbocycles. The van der Waals surface area contributed by atoms with Crippen molar-refractivity contribution in [3.8, 4) is 11.5 Å². The van der Waals surface area contributed by atoms with Crippen molar-refractivity contribution in [2.45, 2.75) is 33.0 Å². The Kier molecular flexibility index (Phi) is 5.35. The highest BCUT2D eigenvalue weighted by Gasteiger charge is 2.35. The Hall–Kier alpha value is -1.67. The van der Waals surface area contributed by atoms with E-state index >= 15 is 0 Å². The maximum Gasteiger partial charge on any atom is 0.256 e. The zero-order valence-corrected chi connectivity index (χ0v) is 17.9. The molecular formula is C19H21Cl2N3O3S. The number of carbonyl (C=O) groups excluding carboxylic acids is 1. The molecule has 3 N–H and O–H groups in total. The molecule has 1 aromatic heterocycles. The van der Waals surface area contributed by atoms with Crippen molar-refractivity contribution in [3.05, 3.63) is 37.7 Å². The van der Waals surface area contributed by atoms with Gasteiger partial charge in [-0.2, -0.15) is 0 Å². The number of ether oxygens (including phenoxy) is 1. The molecule has 0 spiro atoms. The van der Waals surface area contributed by atoms with Crippen LogP contribution in [-0.4, -0.2) is 35.6 Å². The fraction of sp³-hybridized carbons (Fsp3) is 0.421. The van der Waals surface area contributed by atoms with E-state index in [1.807, 2.05) is 6.92 Å². The fourth-order valence-electron chi connectivity index (χ4n) is 3.72. The molecule has 1 amide bonds. The largest absolute Gasteiger partial charge is 0.504 e. The SMILES string of the molecule is CCOc1cc(Cl)c(Cl)c(C2NC(=O)c3c(sc4c3CCN(CC)C4)N2)c1O. The van der Waals surface area contributed by atoms with Gasteiger partial charge in [-0.1, -0.05) is 30.1 Å². The monoisotopic (exact) mass is 441 g/mol. The predicted molar refractivity (Wildman–Crippen MR) is 112 cm³/mol. The molecule has 3 heterocycles. The van der Waals surface area contributed by atoms with Gasteiger partial charge in [-0.05, 0) is 25.5 Å². The van der Waals surface area contributed by atoms with Crippen LogP contribution in [0.15, 0.2) is 6.07 Å². The molecule has 2 aliphatic heterocycles. The summed E-state index contributed by atoms with van der Waals surface area (Å²) in [6.45, 7) is 7.09. The van der Waals surface area contributed by atoms with E-state index in [-0.39, 0.29) is 27.5 Å². The van der Waals surface area contributed by atoms with E-state index in [9.17, 15) is 9.90 Å². The standard InChI is InChI=1S/C19H21Cl2N3O3S/c1-3-24-6-5-9-12(8-24)28-19-13(9)18(26)22-17(23-19)14-15(21)10(20)7-11(16(14)25)27-4-2/h7,17,23,25H,3-6,8H2,1-2H3,(H,22,26). The average Bonchev–Trinajstić information content (AvgIpc) is 3.04. The number of hydrogen-bond donors (Lipinski definition) is 3. The summed E-state index contributed by atoms with van der Waals surface area (Å²) in [7, 11) is 0. The first-order valence-electron chi connectivity index (χ1n) is 9.22. The number of nitrogens with zero attached hydrogens (tertiary/aromatic N) is 1. The summed E-state index contributed by atoms with van der Waals surface area (Å²) in [6.07, 6.45) is 0.152. The van der Waals surface area contributed by atoms with E-state index in [2.05, 4.69) is 22.5 Å². The zero-order chi connectivity index (χ0) is 20.0. The van der Waals surface area contributed by atoms with Gasteiger partial charge < -0.3 is 20.5 Å². The van der Waals surface area contributed by atoms with E-state index in [1.165, 1.54) is 10.9 Å². The van der Waals surface area contributed by atoms with Crippen LogP contribution in [-0.2, 0) is 13.0 Å². The summed E-state index contributed by atoms with van der Waals surface area (Å²) in [4.78, 5) is 16.5. The highest BCUT2D eigenvalue weighted by atomic mass is 35.5. The highest BCUT2D eigenvalue weighted by molar-refractivity contribution is 7.16. The lowest BCUT2D eigenvalue weighted by Gasteiger charge is -2.29. The Bertz CT molecular complexity index is 947. The summed E-state index contributed by atoms with van der Waals surface area (Å²) in [5, 5.41) is 18.1. The predicted octanol–water partition coefficient (Wildman–Crippen LogP) is 4.39. The third-order valence-corrected chi connectivity index (χ3v) is 7.09. The number of phenols is 1. The molecule has 0 radical (unpaired) electrons. The second kappa shape index (κ2) is 7.63. The van der Waals surface area contributed by atoms with Gasteiger partial charge in [0.25, 0.3) is 5.91 Å². The molecule has 1 atom stereocenters. The molecule has 1 unspecified atom stereocenters. The van der Waals surface area contributed by atoms with Gasteiger partial charge in [0, 0.05) is 24.0 Å². The summed E-state index contributed by atoms with van der Waals surface area (Å²) in [6, 6.07) is 1.48. The maximum atomic E-state index is 12.9. The van der Waals surface area contributed by atoms with Crippen molar-refractivity contribution >= 4 is 45.4 Å². The minimum Gasteiger partial charge on any atom is -0.504 e. The molecule has 4 rings (SSSR count). The number of nitrogens with one attached hydrogen (secondary N) is 2. The van der Waals surface area contributed by atoms with Gasteiger partial charge in [0.2, 0.25) is 0 Å². The van der Waals surface area contributed by atoms with Crippen molar-refractivity contribution in [2.75, 3.05) is 25.0 Å². The number of halogens is 2. The number of phenolic OH excluding ortho intramolecular Hbond substituents is 1. The normalized spacial score (nSPS) is 18.9. The smallest absolute Gasteiger partial charge is 0.256 e. The molecule has 1 aromatic carbocycles. The van der Waals surface area contributed by atoms with E-state index < -0.39 is 6.17 Å². The van der Waals surface area contributed by atoms with Crippen molar-refractivity contribution in [1.29, 1.82) is 0 Å². The van der Waals surface area contributed by atoms with E-state index in [4.69, 9.17) is 27.9 Å². The summed E-state index contributed by atoms with van der Waals surface area (Å²) < 4.78 is 5.45. The number of aromatic hydroxyl groups is 1. The van der Waals surface area contributed by atoms with Gasteiger partial charge in [0.15, 0.2) is 11.5 Å². The number of benzene rings is 1. The van der Waals surface area contributed by atoms with Crippen LogP contribution in [0, 0.1) is 0 Å². The quantitative estimate of drug-likeness (QED) is 0.655.